The Balaban J connectivity index is 1.37. The first-order valence-electron chi connectivity index (χ1n) is 13.0. The standard InChI is InChI=1S/C27H42N2O2/c1-16-13-18(17(2)26-24(30)5-4-12-28-26)6-8-20-21-9-7-19-15-29-25(31)10-11-27(19,3)23(21)14-22(16)20/h10-11,17-21,23-24,26,28,30H,4-9,12-15H2,1-3H3,(H,29,31)/t17?,18?,19-,20?,21?,23?,24?,26?,27?/m0/s1. The van der Waals surface area contributed by atoms with Crippen LogP contribution in [0.1, 0.15) is 72.1 Å². The van der Waals surface area contributed by atoms with Crippen molar-refractivity contribution in [3.05, 3.63) is 23.3 Å². The molecule has 2 saturated carbocycles. The van der Waals surface area contributed by atoms with E-state index in [0.29, 0.717) is 23.7 Å². The summed E-state index contributed by atoms with van der Waals surface area (Å²) in [4.78, 5) is 12.0. The zero-order valence-electron chi connectivity index (χ0n) is 19.7. The Hall–Kier alpha value is -1.13. The van der Waals surface area contributed by atoms with Crippen molar-refractivity contribution in [1.82, 2.24) is 10.6 Å². The monoisotopic (exact) mass is 426 g/mol. The molecule has 3 aliphatic carbocycles. The van der Waals surface area contributed by atoms with Gasteiger partial charge in [0.1, 0.15) is 0 Å². The summed E-state index contributed by atoms with van der Waals surface area (Å²) in [5, 5.41) is 17.3. The minimum atomic E-state index is -0.183. The summed E-state index contributed by atoms with van der Waals surface area (Å²) < 4.78 is 0. The van der Waals surface area contributed by atoms with E-state index >= 15 is 0 Å². The molecule has 1 amide bonds. The van der Waals surface area contributed by atoms with Gasteiger partial charge in [0.2, 0.25) is 5.91 Å². The Bertz CT molecular complexity index is 773. The summed E-state index contributed by atoms with van der Waals surface area (Å²) in [6.07, 6.45) is 13.6. The van der Waals surface area contributed by atoms with Gasteiger partial charge in [-0.1, -0.05) is 31.1 Å². The van der Waals surface area contributed by atoms with Crippen LogP contribution in [0.3, 0.4) is 0 Å². The molecule has 0 bridgehead atoms. The van der Waals surface area contributed by atoms with Gasteiger partial charge >= 0.3 is 0 Å². The van der Waals surface area contributed by atoms with Gasteiger partial charge < -0.3 is 15.7 Å². The van der Waals surface area contributed by atoms with Gasteiger partial charge in [-0.15, -0.1) is 0 Å². The van der Waals surface area contributed by atoms with Gasteiger partial charge in [-0.3, -0.25) is 4.79 Å². The first-order valence-corrected chi connectivity index (χ1v) is 13.0. The van der Waals surface area contributed by atoms with E-state index in [0.717, 1.165) is 37.8 Å². The van der Waals surface area contributed by atoms with Crippen LogP contribution in [-0.2, 0) is 4.79 Å². The molecule has 172 valence electrons. The lowest BCUT2D eigenvalue weighted by molar-refractivity contribution is -0.116. The highest BCUT2D eigenvalue weighted by molar-refractivity contribution is 5.87. The summed E-state index contributed by atoms with van der Waals surface area (Å²) >= 11 is 0. The van der Waals surface area contributed by atoms with E-state index in [9.17, 15) is 9.90 Å². The van der Waals surface area contributed by atoms with Crippen molar-refractivity contribution in [2.24, 2.45) is 40.9 Å². The second-order valence-corrected chi connectivity index (χ2v) is 11.7. The van der Waals surface area contributed by atoms with E-state index in [1.54, 1.807) is 11.1 Å². The molecule has 0 aromatic carbocycles. The molecule has 3 N–H and O–H groups in total. The van der Waals surface area contributed by atoms with Crippen LogP contribution in [0.15, 0.2) is 23.3 Å². The maximum atomic E-state index is 12.0. The Kier molecular flexibility index (Phi) is 5.83. The fraction of sp³-hybridized carbons (Fsp3) is 0.815. The fourth-order valence-corrected chi connectivity index (χ4v) is 8.36. The first-order chi connectivity index (χ1) is 14.9. The predicted octanol–water partition coefficient (Wildman–Crippen LogP) is 4.21. The molecule has 3 fully saturated rings. The number of fused-ring (bicyclic) bond motifs is 5. The average molecular weight is 427 g/mol. The number of aliphatic hydroxyl groups excluding tert-OH is 1. The van der Waals surface area contributed by atoms with E-state index in [-0.39, 0.29) is 23.5 Å². The molecule has 0 radical (unpaired) electrons. The van der Waals surface area contributed by atoms with Crippen molar-refractivity contribution in [3.8, 4) is 0 Å². The number of carbonyl (C=O) groups is 1. The van der Waals surface area contributed by atoms with Crippen LogP contribution in [0.5, 0.6) is 0 Å². The molecule has 0 spiro atoms. The molecule has 5 rings (SSSR count). The molecule has 4 heteroatoms. The van der Waals surface area contributed by atoms with Crippen molar-refractivity contribution < 1.29 is 9.90 Å². The number of aliphatic hydroxyl groups is 1. The maximum Gasteiger partial charge on any atom is 0.243 e. The number of allylic oxidation sites excluding steroid dienone is 3. The summed E-state index contributed by atoms with van der Waals surface area (Å²) in [7, 11) is 0. The molecule has 5 aliphatic rings. The van der Waals surface area contributed by atoms with Gasteiger partial charge in [-0.05, 0) is 112 Å². The van der Waals surface area contributed by atoms with Crippen LogP contribution in [-0.4, -0.2) is 36.2 Å². The van der Waals surface area contributed by atoms with E-state index in [1.165, 1.54) is 38.5 Å². The molecule has 2 aliphatic heterocycles. The molecule has 2 heterocycles. The Labute approximate surface area is 188 Å². The van der Waals surface area contributed by atoms with Crippen LogP contribution in [0, 0.1) is 40.9 Å². The lowest BCUT2D eigenvalue weighted by Gasteiger charge is -2.48. The smallest absolute Gasteiger partial charge is 0.243 e. The topological polar surface area (TPSA) is 61.4 Å². The number of amides is 1. The van der Waals surface area contributed by atoms with Crippen molar-refractivity contribution in [3.63, 3.8) is 0 Å². The van der Waals surface area contributed by atoms with Gasteiger partial charge in [0.25, 0.3) is 0 Å². The number of hydrogen-bond acceptors (Lipinski definition) is 3. The highest BCUT2D eigenvalue weighted by atomic mass is 16.3. The van der Waals surface area contributed by atoms with Gasteiger partial charge in [0, 0.05) is 12.6 Å². The van der Waals surface area contributed by atoms with Crippen LogP contribution in [0.2, 0.25) is 0 Å². The molecule has 31 heavy (non-hydrogen) atoms. The van der Waals surface area contributed by atoms with Crippen LogP contribution < -0.4 is 10.6 Å². The van der Waals surface area contributed by atoms with Crippen molar-refractivity contribution in [1.29, 1.82) is 0 Å². The highest BCUT2D eigenvalue weighted by Gasteiger charge is 2.54. The summed E-state index contributed by atoms with van der Waals surface area (Å²) in [5.74, 6) is 4.06. The fourth-order valence-electron chi connectivity index (χ4n) is 8.36. The van der Waals surface area contributed by atoms with E-state index in [1.807, 2.05) is 6.08 Å². The molecule has 4 nitrogen and oxygen atoms in total. The summed E-state index contributed by atoms with van der Waals surface area (Å²) in [6, 6.07) is 0.262. The number of nitrogens with one attached hydrogen (secondary N) is 2. The molecule has 0 aromatic heterocycles. The predicted molar refractivity (Wildman–Crippen MR) is 124 cm³/mol. The lowest BCUT2D eigenvalue weighted by Crippen LogP contribution is -2.50. The summed E-state index contributed by atoms with van der Waals surface area (Å²) in [5.41, 5.74) is 3.55. The van der Waals surface area contributed by atoms with Crippen LogP contribution in [0.25, 0.3) is 0 Å². The third kappa shape index (κ3) is 3.72. The average Bonchev–Trinajstić information content (AvgIpc) is 2.97. The van der Waals surface area contributed by atoms with Gasteiger partial charge in [0.15, 0.2) is 0 Å². The number of piperidine rings is 1. The van der Waals surface area contributed by atoms with E-state index in [2.05, 4.69) is 37.5 Å². The SMILES string of the molecule is CC1=C2CC3C(CC[C@H]4CNC(=O)C=CC34C)C2CCC(C(C)C2NCCCC2O)C1. The Morgan fingerprint density at radius 1 is 1.16 bits per heavy atom. The minimum Gasteiger partial charge on any atom is -0.391 e. The lowest BCUT2D eigenvalue weighted by atomic mass is 9.57. The van der Waals surface area contributed by atoms with Gasteiger partial charge in [-0.2, -0.15) is 0 Å². The second-order valence-electron chi connectivity index (χ2n) is 11.7. The van der Waals surface area contributed by atoms with Crippen molar-refractivity contribution in [2.75, 3.05) is 13.1 Å². The Morgan fingerprint density at radius 2 is 2.00 bits per heavy atom. The van der Waals surface area contributed by atoms with Crippen molar-refractivity contribution >= 4 is 5.91 Å². The van der Waals surface area contributed by atoms with Crippen LogP contribution in [0.4, 0.5) is 0 Å². The van der Waals surface area contributed by atoms with E-state index in [4.69, 9.17) is 0 Å². The normalized spacial score (nSPS) is 46.3. The number of hydrogen-bond donors (Lipinski definition) is 3. The van der Waals surface area contributed by atoms with Gasteiger partial charge in [-0.25, -0.2) is 0 Å². The molecular formula is C27H42N2O2. The molecular weight excluding hydrogens is 384 g/mol. The van der Waals surface area contributed by atoms with E-state index < -0.39 is 0 Å². The highest BCUT2D eigenvalue weighted by Crippen LogP contribution is 2.61. The number of carbonyl (C=O) groups excluding carboxylic acids is 1. The zero-order valence-corrected chi connectivity index (χ0v) is 19.7. The molecule has 8 unspecified atom stereocenters. The Morgan fingerprint density at radius 3 is 2.81 bits per heavy atom. The quantitative estimate of drug-likeness (QED) is 0.580. The second kappa shape index (κ2) is 8.33. The third-order valence-electron chi connectivity index (χ3n) is 10.3. The van der Waals surface area contributed by atoms with Gasteiger partial charge in [0.05, 0.1) is 6.10 Å². The van der Waals surface area contributed by atoms with Crippen molar-refractivity contribution in [2.45, 2.75) is 84.3 Å². The zero-order chi connectivity index (χ0) is 21.8. The molecule has 1 saturated heterocycles. The summed E-state index contributed by atoms with van der Waals surface area (Å²) in [6.45, 7) is 9.11. The maximum absolute atomic E-state index is 12.0. The number of rotatable bonds is 2. The first kappa shape index (κ1) is 21.7. The molecule has 9 atom stereocenters. The minimum absolute atomic E-state index is 0.0881. The third-order valence-corrected chi connectivity index (χ3v) is 10.3. The molecule has 0 aromatic rings. The largest absolute Gasteiger partial charge is 0.391 e. The van der Waals surface area contributed by atoms with Crippen LogP contribution >= 0.6 is 0 Å².